The Morgan fingerprint density at radius 3 is 2.15 bits per heavy atom. The van der Waals surface area contributed by atoms with E-state index in [2.05, 4.69) is 0 Å². The number of hydrogen-bond acceptors (Lipinski definition) is 4. The molecular weight excluding hydrogens is 330 g/mol. The second kappa shape index (κ2) is 7.52. The monoisotopic (exact) mass is 351 g/mol. The van der Waals surface area contributed by atoms with Gasteiger partial charge >= 0.3 is 5.97 Å². The van der Waals surface area contributed by atoms with Crippen molar-refractivity contribution in [3.63, 3.8) is 0 Å². The first kappa shape index (κ1) is 17.9. The van der Waals surface area contributed by atoms with Crippen molar-refractivity contribution >= 4 is 17.8 Å². The molecule has 3 rings (SSSR count). The summed E-state index contributed by atoms with van der Waals surface area (Å²) in [5.41, 5.74) is 2.93. The average molecular weight is 351 g/mol. The van der Waals surface area contributed by atoms with E-state index in [1.54, 1.807) is 24.3 Å². The maximum atomic E-state index is 12.3. The van der Waals surface area contributed by atoms with Gasteiger partial charge in [-0.25, -0.2) is 0 Å². The highest BCUT2D eigenvalue weighted by Crippen LogP contribution is 2.23. The van der Waals surface area contributed by atoms with E-state index in [4.69, 9.17) is 4.74 Å². The molecule has 0 aliphatic carbocycles. The van der Waals surface area contributed by atoms with Crippen molar-refractivity contribution in [3.05, 3.63) is 70.8 Å². The van der Waals surface area contributed by atoms with Gasteiger partial charge in [0.2, 0.25) is 0 Å². The van der Waals surface area contributed by atoms with Gasteiger partial charge in [0, 0.05) is 13.0 Å². The predicted octanol–water partition coefficient (Wildman–Crippen LogP) is 3.68. The van der Waals surface area contributed by atoms with Crippen molar-refractivity contribution in [2.24, 2.45) is 0 Å². The highest BCUT2D eigenvalue weighted by Gasteiger charge is 2.34. The molecule has 0 N–H and O–H groups in total. The van der Waals surface area contributed by atoms with Crippen LogP contribution in [0, 0.1) is 6.92 Å². The SMILES string of the molecule is Cc1ccc([C@@H](C)OC(=O)CCCN2C(=O)c3ccccc3C2=O)cc1. The second-order valence-electron chi connectivity index (χ2n) is 6.45. The summed E-state index contributed by atoms with van der Waals surface area (Å²) in [5.74, 6) is -0.936. The number of benzene rings is 2. The number of carbonyl (C=O) groups excluding carboxylic acids is 3. The summed E-state index contributed by atoms with van der Waals surface area (Å²) in [7, 11) is 0. The van der Waals surface area contributed by atoms with Crippen LogP contribution in [0.2, 0.25) is 0 Å². The minimum atomic E-state index is -0.338. The molecule has 1 aliphatic rings. The Morgan fingerprint density at radius 2 is 1.58 bits per heavy atom. The first-order valence-corrected chi connectivity index (χ1v) is 8.68. The lowest BCUT2D eigenvalue weighted by Crippen LogP contribution is -2.31. The molecule has 2 aromatic carbocycles. The maximum Gasteiger partial charge on any atom is 0.306 e. The average Bonchev–Trinajstić information content (AvgIpc) is 2.87. The number of hydrogen-bond donors (Lipinski definition) is 0. The number of amides is 2. The Balaban J connectivity index is 1.49. The fraction of sp³-hybridized carbons (Fsp3) is 0.286. The van der Waals surface area contributed by atoms with E-state index in [1.807, 2.05) is 38.1 Å². The van der Waals surface area contributed by atoms with E-state index in [1.165, 1.54) is 4.90 Å². The van der Waals surface area contributed by atoms with Crippen molar-refractivity contribution in [2.45, 2.75) is 32.8 Å². The van der Waals surface area contributed by atoms with Gasteiger partial charge in [-0.3, -0.25) is 19.3 Å². The highest BCUT2D eigenvalue weighted by molar-refractivity contribution is 6.21. The van der Waals surface area contributed by atoms with E-state index < -0.39 is 0 Å². The molecule has 0 saturated carbocycles. The van der Waals surface area contributed by atoms with E-state index in [0.29, 0.717) is 17.5 Å². The molecule has 0 saturated heterocycles. The molecule has 2 aromatic rings. The lowest BCUT2D eigenvalue weighted by Gasteiger charge is -2.15. The summed E-state index contributed by atoms with van der Waals surface area (Å²) < 4.78 is 5.43. The van der Waals surface area contributed by atoms with Crippen LogP contribution in [-0.2, 0) is 9.53 Å². The molecule has 134 valence electrons. The number of aryl methyl sites for hydroxylation is 1. The van der Waals surface area contributed by atoms with Crippen LogP contribution in [-0.4, -0.2) is 29.2 Å². The zero-order chi connectivity index (χ0) is 18.7. The molecule has 26 heavy (non-hydrogen) atoms. The topological polar surface area (TPSA) is 63.7 Å². The third-order valence-electron chi connectivity index (χ3n) is 4.50. The maximum absolute atomic E-state index is 12.3. The molecule has 2 amide bonds. The molecule has 0 fully saturated rings. The molecule has 5 nitrogen and oxygen atoms in total. The number of nitrogens with zero attached hydrogens (tertiary/aromatic N) is 1. The first-order chi connectivity index (χ1) is 12.5. The van der Waals surface area contributed by atoms with Crippen LogP contribution in [0.15, 0.2) is 48.5 Å². The predicted molar refractivity (Wildman–Crippen MR) is 96.7 cm³/mol. The van der Waals surface area contributed by atoms with Crippen molar-refractivity contribution in [1.82, 2.24) is 4.90 Å². The zero-order valence-electron chi connectivity index (χ0n) is 14.9. The highest BCUT2D eigenvalue weighted by atomic mass is 16.5. The summed E-state index contributed by atoms with van der Waals surface area (Å²) in [5, 5.41) is 0. The van der Waals surface area contributed by atoms with Crippen LogP contribution in [0.4, 0.5) is 0 Å². The second-order valence-corrected chi connectivity index (χ2v) is 6.45. The molecule has 0 radical (unpaired) electrons. The molecule has 0 bridgehead atoms. The molecular formula is C21H21NO4. The van der Waals surface area contributed by atoms with Gasteiger partial charge in [0.15, 0.2) is 0 Å². The summed E-state index contributed by atoms with van der Waals surface area (Å²) in [4.78, 5) is 37.8. The molecule has 0 spiro atoms. The number of rotatable bonds is 6. The van der Waals surface area contributed by atoms with Gasteiger partial charge in [-0.1, -0.05) is 42.0 Å². The van der Waals surface area contributed by atoms with Crippen molar-refractivity contribution in [3.8, 4) is 0 Å². The van der Waals surface area contributed by atoms with Gasteiger partial charge in [0.1, 0.15) is 6.10 Å². The van der Waals surface area contributed by atoms with Crippen LogP contribution < -0.4 is 0 Å². The number of imide groups is 1. The van der Waals surface area contributed by atoms with E-state index >= 15 is 0 Å². The number of esters is 1. The summed E-state index contributed by atoms with van der Waals surface area (Å²) in [6.07, 6.45) is 0.205. The van der Waals surface area contributed by atoms with Crippen LogP contribution in [0.1, 0.15) is 57.7 Å². The smallest absolute Gasteiger partial charge is 0.306 e. The number of fused-ring (bicyclic) bond motifs is 1. The number of carbonyl (C=O) groups is 3. The summed E-state index contributed by atoms with van der Waals surface area (Å²) in [6.45, 7) is 4.03. The van der Waals surface area contributed by atoms with Gasteiger partial charge in [-0.05, 0) is 38.0 Å². The molecule has 0 unspecified atom stereocenters. The minimum absolute atomic E-state index is 0.156. The minimum Gasteiger partial charge on any atom is -0.458 e. The molecule has 1 heterocycles. The molecule has 1 aliphatic heterocycles. The third kappa shape index (κ3) is 3.67. The Morgan fingerprint density at radius 1 is 1.00 bits per heavy atom. The van der Waals surface area contributed by atoms with Gasteiger partial charge in [-0.15, -0.1) is 0 Å². The normalized spacial score (nSPS) is 14.3. The van der Waals surface area contributed by atoms with Crippen LogP contribution in [0.25, 0.3) is 0 Å². The Kier molecular flexibility index (Phi) is 5.16. The Hall–Kier alpha value is -2.95. The standard InChI is InChI=1S/C21H21NO4/c1-14-9-11-16(12-10-14)15(2)26-19(23)8-5-13-22-20(24)17-6-3-4-7-18(17)21(22)25/h3-4,6-7,9-12,15H,5,8,13H2,1-2H3/t15-/m1/s1. The van der Waals surface area contributed by atoms with Gasteiger partial charge in [0.05, 0.1) is 11.1 Å². The summed E-state index contributed by atoms with van der Waals surface area (Å²) >= 11 is 0. The fourth-order valence-corrected chi connectivity index (χ4v) is 2.99. The van der Waals surface area contributed by atoms with Crippen LogP contribution in [0.3, 0.4) is 0 Å². The van der Waals surface area contributed by atoms with Crippen LogP contribution in [0.5, 0.6) is 0 Å². The van der Waals surface area contributed by atoms with Crippen molar-refractivity contribution < 1.29 is 19.1 Å². The third-order valence-corrected chi connectivity index (χ3v) is 4.50. The Bertz CT molecular complexity index is 806. The van der Waals surface area contributed by atoms with Crippen LogP contribution >= 0.6 is 0 Å². The van der Waals surface area contributed by atoms with Gasteiger partial charge in [0.25, 0.3) is 11.8 Å². The lowest BCUT2D eigenvalue weighted by atomic mass is 10.1. The van der Waals surface area contributed by atoms with Gasteiger partial charge in [-0.2, -0.15) is 0 Å². The summed E-state index contributed by atoms with van der Waals surface area (Å²) in [6, 6.07) is 14.6. The molecule has 0 aromatic heterocycles. The first-order valence-electron chi connectivity index (χ1n) is 8.68. The lowest BCUT2D eigenvalue weighted by molar-refractivity contribution is -0.148. The fourth-order valence-electron chi connectivity index (χ4n) is 2.99. The quantitative estimate of drug-likeness (QED) is 0.588. The number of ether oxygens (including phenoxy) is 1. The van der Waals surface area contributed by atoms with Crippen molar-refractivity contribution in [1.29, 1.82) is 0 Å². The Labute approximate surface area is 152 Å². The zero-order valence-corrected chi connectivity index (χ0v) is 14.9. The molecule has 5 heteroatoms. The van der Waals surface area contributed by atoms with E-state index in [-0.39, 0.29) is 36.9 Å². The van der Waals surface area contributed by atoms with E-state index in [0.717, 1.165) is 11.1 Å². The van der Waals surface area contributed by atoms with Crippen molar-refractivity contribution in [2.75, 3.05) is 6.54 Å². The van der Waals surface area contributed by atoms with E-state index in [9.17, 15) is 14.4 Å². The van der Waals surface area contributed by atoms with Gasteiger partial charge < -0.3 is 4.74 Å². The molecule has 1 atom stereocenters. The largest absolute Gasteiger partial charge is 0.458 e.